The molecule has 0 aromatic heterocycles. The van der Waals surface area contributed by atoms with Gasteiger partial charge in [-0.2, -0.15) is 0 Å². The summed E-state index contributed by atoms with van der Waals surface area (Å²) in [4.78, 5) is 0. The van der Waals surface area contributed by atoms with E-state index in [0.29, 0.717) is 11.8 Å². The Bertz CT molecular complexity index is 186. The van der Waals surface area contributed by atoms with Crippen molar-refractivity contribution in [2.75, 3.05) is 13.2 Å². The van der Waals surface area contributed by atoms with Crippen molar-refractivity contribution < 1.29 is 9.47 Å². The third-order valence-electron chi connectivity index (χ3n) is 4.46. The molecule has 2 atom stereocenters. The third-order valence-corrected chi connectivity index (χ3v) is 4.46. The van der Waals surface area contributed by atoms with Crippen LogP contribution in [-0.2, 0) is 9.47 Å². The van der Waals surface area contributed by atoms with Crippen LogP contribution < -0.4 is 0 Å². The molecule has 0 aliphatic carbocycles. The molecule has 0 radical (unpaired) electrons. The summed E-state index contributed by atoms with van der Waals surface area (Å²) in [5.74, 6) is 1.40. The number of hydrogen-bond donors (Lipinski definition) is 0. The van der Waals surface area contributed by atoms with Crippen molar-refractivity contribution in [2.24, 2.45) is 11.8 Å². The minimum atomic E-state index is -0.00338. The second-order valence-electron chi connectivity index (χ2n) is 6.34. The molecule has 0 spiro atoms. The molecule has 0 aliphatic heterocycles. The number of ether oxygens (including phenoxy) is 2. The monoisotopic (exact) mass is 300 g/mol. The lowest BCUT2D eigenvalue weighted by molar-refractivity contribution is -0.159. The zero-order valence-corrected chi connectivity index (χ0v) is 15.3. The molecule has 21 heavy (non-hydrogen) atoms. The van der Waals surface area contributed by atoms with Crippen molar-refractivity contribution in [3.63, 3.8) is 0 Å². The lowest BCUT2D eigenvalue weighted by Crippen LogP contribution is -2.23. The molecule has 0 aromatic carbocycles. The second kappa shape index (κ2) is 14.8. The Balaban J connectivity index is 3.96. The maximum Gasteiger partial charge on any atom is 0.157 e. The molecular formula is C19H40O2. The smallest absolute Gasteiger partial charge is 0.157 e. The van der Waals surface area contributed by atoms with E-state index in [1.807, 2.05) is 0 Å². The number of rotatable bonds is 15. The summed E-state index contributed by atoms with van der Waals surface area (Å²) < 4.78 is 12.0. The van der Waals surface area contributed by atoms with Crippen LogP contribution in [0.15, 0.2) is 0 Å². The van der Waals surface area contributed by atoms with Crippen molar-refractivity contribution in [3.8, 4) is 0 Å². The fourth-order valence-corrected chi connectivity index (χ4v) is 2.57. The summed E-state index contributed by atoms with van der Waals surface area (Å²) in [5.41, 5.74) is 0. The van der Waals surface area contributed by atoms with Crippen LogP contribution in [0.3, 0.4) is 0 Å². The molecule has 2 nitrogen and oxygen atoms in total. The average molecular weight is 301 g/mol. The molecule has 0 amide bonds. The van der Waals surface area contributed by atoms with Crippen molar-refractivity contribution in [3.05, 3.63) is 0 Å². The number of unbranched alkanes of at least 4 members (excludes halogenated alkanes) is 2. The topological polar surface area (TPSA) is 18.5 Å². The van der Waals surface area contributed by atoms with Crippen LogP contribution in [0.2, 0.25) is 0 Å². The lowest BCUT2D eigenvalue weighted by Gasteiger charge is -2.23. The van der Waals surface area contributed by atoms with Crippen LogP contribution in [0.1, 0.15) is 92.4 Å². The minimum Gasteiger partial charge on any atom is -0.352 e. The van der Waals surface area contributed by atoms with Crippen LogP contribution in [0.5, 0.6) is 0 Å². The molecule has 2 heteroatoms. The Morgan fingerprint density at radius 1 is 0.619 bits per heavy atom. The molecule has 0 heterocycles. The van der Waals surface area contributed by atoms with Crippen LogP contribution in [0.25, 0.3) is 0 Å². The fraction of sp³-hybridized carbons (Fsp3) is 1.00. The van der Waals surface area contributed by atoms with Crippen LogP contribution in [0.4, 0.5) is 0 Å². The van der Waals surface area contributed by atoms with Crippen molar-refractivity contribution in [1.29, 1.82) is 0 Å². The van der Waals surface area contributed by atoms with Gasteiger partial charge in [0.2, 0.25) is 0 Å². The van der Waals surface area contributed by atoms with Gasteiger partial charge in [-0.05, 0) is 31.1 Å². The lowest BCUT2D eigenvalue weighted by atomic mass is 10.0. The minimum absolute atomic E-state index is 0.00338. The molecule has 0 fully saturated rings. The van der Waals surface area contributed by atoms with E-state index in [0.717, 1.165) is 19.6 Å². The van der Waals surface area contributed by atoms with Crippen LogP contribution >= 0.6 is 0 Å². The molecule has 2 unspecified atom stereocenters. The Morgan fingerprint density at radius 3 is 1.33 bits per heavy atom. The van der Waals surface area contributed by atoms with E-state index in [-0.39, 0.29) is 6.29 Å². The predicted molar refractivity (Wildman–Crippen MR) is 92.6 cm³/mol. The first-order valence-corrected chi connectivity index (χ1v) is 9.44. The summed E-state index contributed by atoms with van der Waals surface area (Å²) in [7, 11) is 0. The van der Waals surface area contributed by atoms with E-state index in [4.69, 9.17) is 9.47 Å². The Hall–Kier alpha value is -0.0800. The predicted octanol–water partition coefficient (Wildman–Crippen LogP) is 6.19. The van der Waals surface area contributed by atoms with Crippen molar-refractivity contribution >= 4 is 0 Å². The largest absolute Gasteiger partial charge is 0.352 e. The van der Waals surface area contributed by atoms with Gasteiger partial charge in [-0.15, -0.1) is 0 Å². The summed E-state index contributed by atoms with van der Waals surface area (Å²) in [6.45, 7) is 12.9. The van der Waals surface area contributed by atoms with E-state index in [9.17, 15) is 0 Å². The zero-order chi connectivity index (χ0) is 15.9. The quantitative estimate of drug-likeness (QED) is 0.336. The van der Waals surface area contributed by atoms with E-state index in [1.165, 1.54) is 51.4 Å². The first-order valence-electron chi connectivity index (χ1n) is 9.44. The molecular weight excluding hydrogens is 260 g/mol. The number of hydrogen-bond acceptors (Lipinski definition) is 2. The second-order valence-corrected chi connectivity index (χ2v) is 6.34. The summed E-state index contributed by atoms with van der Waals surface area (Å²) in [6.07, 6.45) is 11.1. The third kappa shape index (κ3) is 11.2. The highest BCUT2D eigenvalue weighted by Crippen LogP contribution is 2.17. The van der Waals surface area contributed by atoms with Gasteiger partial charge in [-0.3, -0.25) is 0 Å². The van der Waals surface area contributed by atoms with E-state index in [1.54, 1.807) is 0 Å². The highest BCUT2D eigenvalue weighted by atomic mass is 16.7. The highest BCUT2D eigenvalue weighted by Gasteiger charge is 2.14. The fourth-order valence-electron chi connectivity index (χ4n) is 2.57. The molecule has 128 valence electrons. The van der Waals surface area contributed by atoms with E-state index in [2.05, 4.69) is 34.6 Å². The molecule has 0 aromatic rings. The summed E-state index contributed by atoms with van der Waals surface area (Å²) >= 11 is 0. The Morgan fingerprint density at radius 2 is 1.05 bits per heavy atom. The maximum absolute atomic E-state index is 6.02. The molecule has 0 bridgehead atoms. The van der Waals surface area contributed by atoms with Gasteiger partial charge < -0.3 is 9.47 Å². The van der Waals surface area contributed by atoms with Crippen LogP contribution in [-0.4, -0.2) is 19.5 Å². The summed E-state index contributed by atoms with van der Waals surface area (Å²) in [5, 5.41) is 0. The zero-order valence-electron chi connectivity index (χ0n) is 15.3. The van der Waals surface area contributed by atoms with Gasteiger partial charge in [0, 0.05) is 0 Å². The molecule has 0 saturated carbocycles. The maximum atomic E-state index is 6.02. The van der Waals surface area contributed by atoms with Gasteiger partial charge >= 0.3 is 0 Å². The standard InChI is InChI=1S/C19H40O2/c1-6-11-13-17(8-3)15-20-19(10-5)21-16-18(9-4)14-12-7-2/h17-19H,6-16H2,1-5H3. The molecule has 0 saturated heterocycles. The molecule has 0 rings (SSSR count). The van der Waals surface area contributed by atoms with Crippen molar-refractivity contribution in [2.45, 2.75) is 98.7 Å². The molecule has 0 aliphatic rings. The van der Waals surface area contributed by atoms with Gasteiger partial charge in [-0.1, -0.05) is 73.1 Å². The van der Waals surface area contributed by atoms with Gasteiger partial charge in [0.1, 0.15) is 0 Å². The Labute approximate surface area is 134 Å². The van der Waals surface area contributed by atoms with E-state index >= 15 is 0 Å². The van der Waals surface area contributed by atoms with Gasteiger partial charge in [-0.25, -0.2) is 0 Å². The van der Waals surface area contributed by atoms with E-state index < -0.39 is 0 Å². The molecule has 0 N–H and O–H groups in total. The van der Waals surface area contributed by atoms with Gasteiger partial charge in [0.25, 0.3) is 0 Å². The Kier molecular flexibility index (Phi) is 14.8. The van der Waals surface area contributed by atoms with Crippen LogP contribution in [0, 0.1) is 11.8 Å². The van der Waals surface area contributed by atoms with Gasteiger partial charge in [0.05, 0.1) is 13.2 Å². The first kappa shape index (κ1) is 20.9. The van der Waals surface area contributed by atoms with Crippen molar-refractivity contribution in [1.82, 2.24) is 0 Å². The normalized spacial score (nSPS) is 15.9. The summed E-state index contributed by atoms with van der Waals surface area (Å²) in [6, 6.07) is 0. The SMILES string of the molecule is CCCCC(CC)COC(CC)OCC(CC)CCCC. The average Bonchev–Trinajstić information content (AvgIpc) is 2.52. The van der Waals surface area contributed by atoms with Gasteiger partial charge in [0.15, 0.2) is 6.29 Å². The first-order chi connectivity index (χ1) is 10.2. The highest BCUT2D eigenvalue weighted by molar-refractivity contribution is 4.59.